The van der Waals surface area contributed by atoms with Crippen LogP contribution in [0.5, 0.6) is 0 Å². The summed E-state index contributed by atoms with van der Waals surface area (Å²) in [5, 5.41) is 0. The van der Waals surface area contributed by atoms with E-state index in [0.29, 0.717) is 13.0 Å². The number of carbonyl (C=O) groups excluding carboxylic acids is 2. The van der Waals surface area contributed by atoms with Crippen molar-refractivity contribution >= 4 is 11.7 Å². The molecular weight excluding hydrogens is 238 g/mol. The second kappa shape index (κ2) is 4.65. The van der Waals surface area contributed by atoms with Crippen LogP contribution in [0.25, 0.3) is 0 Å². The maximum atomic E-state index is 12.4. The topological polar surface area (TPSA) is 37.4 Å². The first-order chi connectivity index (χ1) is 9.16. The van der Waals surface area contributed by atoms with E-state index in [1.807, 2.05) is 24.3 Å². The summed E-state index contributed by atoms with van der Waals surface area (Å²) in [6.07, 6.45) is 3.02. The molecule has 1 amide bonds. The summed E-state index contributed by atoms with van der Waals surface area (Å²) >= 11 is 0. The quantitative estimate of drug-likeness (QED) is 0.571. The summed E-state index contributed by atoms with van der Waals surface area (Å²) in [4.78, 5) is 26.4. The highest BCUT2D eigenvalue weighted by atomic mass is 16.2. The predicted octanol–water partition coefficient (Wildman–Crippen LogP) is 2.71. The Bertz CT molecular complexity index is 562. The minimum atomic E-state index is -0.265. The molecule has 1 saturated carbocycles. The van der Waals surface area contributed by atoms with E-state index in [1.54, 1.807) is 4.90 Å². The first-order valence-corrected chi connectivity index (χ1v) is 6.75. The van der Waals surface area contributed by atoms with Crippen molar-refractivity contribution in [2.75, 3.05) is 0 Å². The molecule has 0 spiro atoms. The molecule has 0 N–H and O–H groups in total. The molecule has 1 aromatic rings. The number of carbonyl (C=O) groups is 2. The van der Waals surface area contributed by atoms with Gasteiger partial charge in [-0.1, -0.05) is 30.4 Å². The molecule has 2 aliphatic rings. The Labute approximate surface area is 112 Å². The zero-order chi connectivity index (χ0) is 13.4. The molecule has 0 bridgehead atoms. The zero-order valence-electron chi connectivity index (χ0n) is 10.9. The molecule has 19 heavy (non-hydrogen) atoms. The second-order valence-electron chi connectivity index (χ2n) is 5.39. The SMILES string of the molecule is C=C1CCC[C@H](N2Cc3ccccc3C2=O)C(=O)C1. The van der Waals surface area contributed by atoms with Gasteiger partial charge in [-0.2, -0.15) is 0 Å². The number of hydrogen-bond acceptors (Lipinski definition) is 2. The highest BCUT2D eigenvalue weighted by Gasteiger charge is 2.36. The lowest BCUT2D eigenvalue weighted by Gasteiger charge is -2.25. The van der Waals surface area contributed by atoms with Crippen LogP contribution in [0.2, 0.25) is 0 Å². The zero-order valence-corrected chi connectivity index (χ0v) is 10.9. The van der Waals surface area contributed by atoms with Gasteiger partial charge in [-0.15, -0.1) is 0 Å². The van der Waals surface area contributed by atoms with Crippen molar-refractivity contribution in [3.05, 3.63) is 47.5 Å². The molecule has 1 fully saturated rings. The largest absolute Gasteiger partial charge is 0.324 e. The van der Waals surface area contributed by atoms with Gasteiger partial charge in [0.05, 0.1) is 6.04 Å². The molecule has 0 radical (unpaired) electrons. The molecule has 3 heteroatoms. The number of nitrogens with zero attached hydrogens (tertiary/aromatic N) is 1. The number of allylic oxidation sites excluding steroid dienone is 1. The highest BCUT2D eigenvalue weighted by molar-refractivity contribution is 6.01. The monoisotopic (exact) mass is 255 g/mol. The average molecular weight is 255 g/mol. The van der Waals surface area contributed by atoms with E-state index >= 15 is 0 Å². The Morgan fingerprint density at radius 3 is 2.79 bits per heavy atom. The van der Waals surface area contributed by atoms with Gasteiger partial charge in [0.15, 0.2) is 5.78 Å². The third kappa shape index (κ3) is 2.09. The molecule has 98 valence electrons. The van der Waals surface area contributed by atoms with Gasteiger partial charge in [0.25, 0.3) is 5.91 Å². The van der Waals surface area contributed by atoms with E-state index in [-0.39, 0.29) is 17.7 Å². The van der Waals surface area contributed by atoms with Gasteiger partial charge in [0.2, 0.25) is 0 Å². The van der Waals surface area contributed by atoms with Crippen LogP contribution in [0.4, 0.5) is 0 Å². The summed E-state index contributed by atoms with van der Waals surface area (Å²) in [6.45, 7) is 4.49. The Hall–Kier alpha value is -1.90. The van der Waals surface area contributed by atoms with E-state index in [1.165, 1.54) is 0 Å². The average Bonchev–Trinajstić information content (AvgIpc) is 2.62. The Morgan fingerprint density at radius 2 is 2.00 bits per heavy atom. The fraction of sp³-hybridized carbons (Fsp3) is 0.375. The molecule has 1 aliphatic carbocycles. The Morgan fingerprint density at radius 1 is 1.21 bits per heavy atom. The van der Waals surface area contributed by atoms with Crippen LogP contribution in [-0.4, -0.2) is 22.6 Å². The molecule has 3 rings (SSSR count). The normalized spacial score (nSPS) is 23.5. The van der Waals surface area contributed by atoms with Gasteiger partial charge >= 0.3 is 0 Å². The number of ketones is 1. The minimum Gasteiger partial charge on any atom is -0.324 e. The molecule has 0 unspecified atom stereocenters. The molecule has 1 heterocycles. The standard InChI is InChI=1S/C16H17NO2/c1-11-5-4-8-14(15(18)9-11)17-10-12-6-2-3-7-13(12)16(17)19/h2-3,6-7,14H,1,4-5,8-10H2/t14-/m0/s1. The van der Waals surface area contributed by atoms with Crippen LogP contribution in [0.3, 0.4) is 0 Å². The lowest BCUT2D eigenvalue weighted by molar-refractivity contribution is -0.122. The highest BCUT2D eigenvalue weighted by Crippen LogP contribution is 2.29. The molecule has 1 aliphatic heterocycles. The van der Waals surface area contributed by atoms with Crippen LogP contribution >= 0.6 is 0 Å². The number of benzene rings is 1. The van der Waals surface area contributed by atoms with E-state index in [4.69, 9.17) is 0 Å². The predicted molar refractivity (Wildman–Crippen MR) is 72.7 cm³/mol. The summed E-state index contributed by atoms with van der Waals surface area (Å²) < 4.78 is 0. The van der Waals surface area contributed by atoms with Crippen LogP contribution in [0, 0.1) is 0 Å². The van der Waals surface area contributed by atoms with Gasteiger partial charge in [0.1, 0.15) is 0 Å². The van der Waals surface area contributed by atoms with Crippen LogP contribution in [-0.2, 0) is 11.3 Å². The summed E-state index contributed by atoms with van der Waals surface area (Å²) in [6, 6.07) is 7.35. The van der Waals surface area contributed by atoms with Gasteiger partial charge < -0.3 is 4.90 Å². The van der Waals surface area contributed by atoms with Crippen molar-refractivity contribution < 1.29 is 9.59 Å². The third-order valence-electron chi connectivity index (χ3n) is 4.03. The lowest BCUT2D eigenvalue weighted by Crippen LogP contribution is -2.40. The molecule has 0 saturated heterocycles. The number of hydrogen-bond donors (Lipinski definition) is 0. The fourth-order valence-electron chi connectivity index (χ4n) is 3.02. The summed E-state index contributed by atoms with van der Waals surface area (Å²) in [5.41, 5.74) is 2.78. The van der Waals surface area contributed by atoms with E-state index in [9.17, 15) is 9.59 Å². The third-order valence-corrected chi connectivity index (χ3v) is 4.03. The Balaban J connectivity index is 1.86. The number of rotatable bonds is 1. The van der Waals surface area contributed by atoms with Crippen molar-refractivity contribution in [3.63, 3.8) is 0 Å². The van der Waals surface area contributed by atoms with Crippen LogP contribution < -0.4 is 0 Å². The van der Waals surface area contributed by atoms with Crippen molar-refractivity contribution in [1.82, 2.24) is 4.90 Å². The van der Waals surface area contributed by atoms with Crippen molar-refractivity contribution in [2.45, 2.75) is 38.3 Å². The van der Waals surface area contributed by atoms with Crippen molar-refractivity contribution in [1.29, 1.82) is 0 Å². The van der Waals surface area contributed by atoms with Gasteiger partial charge in [-0.05, 0) is 30.9 Å². The van der Waals surface area contributed by atoms with Crippen LogP contribution in [0.15, 0.2) is 36.4 Å². The summed E-state index contributed by atoms with van der Waals surface area (Å²) in [7, 11) is 0. The van der Waals surface area contributed by atoms with Gasteiger partial charge in [0, 0.05) is 18.5 Å². The molecule has 0 aromatic heterocycles. The van der Waals surface area contributed by atoms with E-state index in [0.717, 1.165) is 36.0 Å². The van der Waals surface area contributed by atoms with Crippen LogP contribution in [0.1, 0.15) is 41.6 Å². The molecular formula is C16H17NO2. The molecule has 1 atom stereocenters. The first kappa shape index (κ1) is 12.2. The smallest absolute Gasteiger partial charge is 0.255 e. The van der Waals surface area contributed by atoms with Gasteiger partial charge in [-0.25, -0.2) is 0 Å². The number of fused-ring (bicyclic) bond motifs is 1. The number of Topliss-reactive ketones (excluding diaryl/α,β-unsaturated/α-hetero) is 1. The summed E-state index contributed by atoms with van der Waals surface area (Å²) in [5.74, 6) is 0.144. The van der Waals surface area contributed by atoms with E-state index < -0.39 is 0 Å². The fourth-order valence-corrected chi connectivity index (χ4v) is 3.02. The Kier molecular flexibility index (Phi) is 2.97. The number of amides is 1. The van der Waals surface area contributed by atoms with Crippen molar-refractivity contribution in [3.8, 4) is 0 Å². The first-order valence-electron chi connectivity index (χ1n) is 6.75. The molecule has 1 aromatic carbocycles. The lowest BCUT2D eigenvalue weighted by atomic mass is 10.1. The minimum absolute atomic E-state index is 0.00135. The van der Waals surface area contributed by atoms with Gasteiger partial charge in [-0.3, -0.25) is 9.59 Å². The maximum Gasteiger partial charge on any atom is 0.255 e. The van der Waals surface area contributed by atoms with Crippen molar-refractivity contribution in [2.24, 2.45) is 0 Å². The molecule has 3 nitrogen and oxygen atoms in total. The maximum absolute atomic E-state index is 12.4. The van der Waals surface area contributed by atoms with E-state index in [2.05, 4.69) is 6.58 Å². The second-order valence-corrected chi connectivity index (χ2v) is 5.39.